The van der Waals surface area contributed by atoms with Crippen LogP contribution in [0.1, 0.15) is 36.4 Å². The maximum atomic E-state index is 12.8. The van der Waals surface area contributed by atoms with Gasteiger partial charge in [-0.15, -0.1) is 6.58 Å². The standard InChI is InChI=1S/C27H29N5O/c1-2-3-15-29-27(33)22(19-28)25-26(31-24-12-8-7-11-23(24)30-25)32-16-13-21(14-17-32)18-20-9-5-4-6-10-20/h2,4-12,21-22H,1,3,13-18H2,(H,29,33)/t22-/m0/s1. The van der Waals surface area contributed by atoms with Gasteiger partial charge in [0.1, 0.15) is 5.69 Å². The number of rotatable bonds is 8. The molecule has 168 valence electrons. The zero-order chi connectivity index (χ0) is 23.0. The molecule has 1 N–H and O–H groups in total. The Morgan fingerprint density at radius 1 is 1.12 bits per heavy atom. The summed E-state index contributed by atoms with van der Waals surface area (Å²) in [6.45, 7) is 5.78. The van der Waals surface area contributed by atoms with Gasteiger partial charge in [-0.05, 0) is 49.3 Å². The van der Waals surface area contributed by atoms with Gasteiger partial charge in [-0.2, -0.15) is 5.26 Å². The molecule has 0 radical (unpaired) electrons. The largest absolute Gasteiger partial charge is 0.355 e. The van der Waals surface area contributed by atoms with E-state index < -0.39 is 5.92 Å². The second-order valence-corrected chi connectivity index (χ2v) is 8.47. The topological polar surface area (TPSA) is 81.9 Å². The van der Waals surface area contributed by atoms with Crippen molar-refractivity contribution < 1.29 is 4.79 Å². The molecule has 33 heavy (non-hydrogen) atoms. The molecule has 2 aromatic carbocycles. The highest BCUT2D eigenvalue weighted by Crippen LogP contribution is 2.31. The molecule has 0 bridgehead atoms. The lowest BCUT2D eigenvalue weighted by Gasteiger charge is -2.34. The Labute approximate surface area is 195 Å². The van der Waals surface area contributed by atoms with Crippen molar-refractivity contribution in [2.45, 2.75) is 31.6 Å². The number of para-hydroxylation sites is 2. The quantitative estimate of drug-likeness (QED) is 0.416. The maximum absolute atomic E-state index is 12.8. The van der Waals surface area contributed by atoms with Gasteiger partial charge in [0.15, 0.2) is 11.7 Å². The minimum absolute atomic E-state index is 0.343. The first kappa shape index (κ1) is 22.5. The van der Waals surface area contributed by atoms with E-state index in [0.29, 0.717) is 35.9 Å². The molecule has 4 rings (SSSR count). The summed E-state index contributed by atoms with van der Waals surface area (Å²) < 4.78 is 0. The van der Waals surface area contributed by atoms with E-state index in [9.17, 15) is 10.1 Å². The number of hydrogen-bond acceptors (Lipinski definition) is 5. The summed E-state index contributed by atoms with van der Waals surface area (Å²) >= 11 is 0. The van der Waals surface area contributed by atoms with E-state index in [-0.39, 0.29) is 5.91 Å². The van der Waals surface area contributed by atoms with E-state index in [1.54, 1.807) is 6.08 Å². The molecular weight excluding hydrogens is 410 g/mol. The molecule has 1 fully saturated rings. The van der Waals surface area contributed by atoms with Gasteiger partial charge in [-0.3, -0.25) is 4.79 Å². The highest BCUT2D eigenvalue weighted by atomic mass is 16.1. The van der Waals surface area contributed by atoms with Crippen LogP contribution in [0.15, 0.2) is 67.3 Å². The Kier molecular flexibility index (Phi) is 7.31. The molecule has 0 saturated carbocycles. The van der Waals surface area contributed by atoms with Gasteiger partial charge >= 0.3 is 0 Å². The van der Waals surface area contributed by atoms with Crippen LogP contribution in [0, 0.1) is 17.2 Å². The number of anilines is 1. The van der Waals surface area contributed by atoms with E-state index in [4.69, 9.17) is 9.97 Å². The van der Waals surface area contributed by atoms with E-state index in [1.807, 2.05) is 30.3 Å². The first-order chi connectivity index (χ1) is 16.2. The SMILES string of the molecule is C=CCCNC(=O)[C@@H](C#N)c1nc2ccccc2nc1N1CCC(Cc2ccccc2)CC1. The first-order valence-corrected chi connectivity index (χ1v) is 11.5. The molecule has 1 atom stereocenters. The molecule has 1 aliphatic rings. The predicted molar refractivity (Wildman–Crippen MR) is 131 cm³/mol. The molecule has 0 unspecified atom stereocenters. The summed E-state index contributed by atoms with van der Waals surface area (Å²) in [4.78, 5) is 24.6. The number of carbonyl (C=O) groups excluding carboxylic acids is 1. The smallest absolute Gasteiger partial charge is 0.243 e. The van der Waals surface area contributed by atoms with Crippen LogP contribution < -0.4 is 10.2 Å². The monoisotopic (exact) mass is 439 g/mol. The zero-order valence-corrected chi connectivity index (χ0v) is 18.8. The second-order valence-electron chi connectivity index (χ2n) is 8.47. The second kappa shape index (κ2) is 10.7. The fraction of sp³-hybridized carbons (Fsp3) is 0.333. The van der Waals surface area contributed by atoms with Crippen LogP contribution in [0.5, 0.6) is 0 Å². The van der Waals surface area contributed by atoms with Crippen LogP contribution in [-0.2, 0) is 11.2 Å². The summed E-state index contributed by atoms with van der Waals surface area (Å²) in [5.74, 6) is -0.0973. The Morgan fingerprint density at radius 3 is 2.45 bits per heavy atom. The van der Waals surface area contributed by atoms with Gasteiger partial charge in [0.25, 0.3) is 0 Å². The Balaban J connectivity index is 1.58. The van der Waals surface area contributed by atoms with E-state index >= 15 is 0 Å². The van der Waals surface area contributed by atoms with Gasteiger partial charge in [-0.1, -0.05) is 48.5 Å². The molecule has 3 aromatic rings. The van der Waals surface area contributed by atoms with E-state index in [1.165, 1.54) is 5.56 Å². The molecule has 1 aromatic heterocycles. The number of benzene rings is 2. The van der Waals surface area contributed by atoms with Crippen LogP contribution in [0.4, 0.5) is 5.82 Å². The summed E-state index contributed by atoms with van der Waals surface area (Å²) in [6, 6.07) is 20.4. The van der Waals surface area contributed by atoms with Crippen molar-refractivity contribution in [1.29, 1.82) is 5.26 Å². The Bertz CT molecular complexity index is 1150. The van der Waals surface area contributed by atoms with Crippen molar-refractivity contribution in [2.75, 3.05) is 24.5 Å². The zero-order valence-electron chi connectivity index (χ0n) is 18.8. The van der Waals surface area contributed by atoms with Crippen LogP contribution in [0.3, 0.4) is 0 Å². The lowest BCUT2D eigenvalue weighted by atomic mass is 9.90. The molecule has 0 aliphatic carbocycles. The first-order valence-electron chi connectivity index (χ1n) is 11.5. The molecule has 6 heteroatoms. The normalized spacial score (nSPS) is 15.1. The summed E-state index contributed by atoms with van der Waals surface area (Å²) in [6.07, 6.45) is 5.52. The van der Waals surface area contributed by atoms with E-state index in [2.05, 4.69) is 47.1 Å². The van der Waals surface area contributed by atoms with Crippen molar-refractivity contribution in [3.8, 4) is 6.07 Å². The fourth-order valence-electron chi connectivity index (χ4n) is 4.37. The van der Waals surface area contributed by atoms with Crippen LogP contribution in [0.2, 0.25) is 0 Å². The van der Waals surface area contributed by atoms with Gasteiger partial charge in [-0.25, -0.2) is 9.97 Å². The molecule has 6 nitrogen and oxygen atoms in total. The van der Waals surface area contributed by atoms with Crippen molar-refractivity contribution in [1.82, 2.24) is 15.3 Å². The number of nitrogens with zero attached hydrogens (tertiary/aromatic N) is 4. The lowest BCUT2D eigenvalue weighted by molar-refractivity contribution is -0.121. The number of carbonyl (C=O) groups is 1. The minimum Gasteiger partial charge on any atom is -0.355 e. The molecule has 1 aliphatic heterocycles. The number of nitriles is 1. The minimum atomic E-state index is -1.01. The van der Waals surface area contributed by atoms with E-state index in [0.717, 1.165) is 37.9 Å². The van der Waals surface area contributed by atoms with Crippen molar-refractivity contribution in [2.24, 2.45) is 5.92 Å². The van der Waals surface area contributed by atoms with Crippen molar-refractivity contribution in [3.63, 3.8) is 0 Å². The summed E-state index contributed by atoms with van der Waals surface area (Å²) in [5, 5.41) is 12.7. The molecule has 1 saturated heterocycles. The Morgan fingerprint density at radius 2 is 1.79 bits per heavy atom. The predicted octanol–water partition coefficient (Wildman–Crippen LogP) is 4.39. The van der Waals surface area contributed by atoms with Crippen molar-refractivity contribution >= 4 is 22.8 Å². The average Bonchev–Trinajstić information content (AvgIpc) is 2.85. The third kappa shape index (κ3) is 5.38. The molecule has 1 amide bonds. The number of amides is 1. The van der Waals surface area contributed by atoms with Gasteiger partial charge in [0, 0.05) is 19.6 Å². The molecular formula is C27H29N5O. The van der Waals surface area contributed by atoms with Crippen LogP contribution in [0.25, 0.3) is 11.0 Å². The highest BCUT2D eigenvalue weighted by Gasteiger charge is 2.30. The molecule has 0 spiro atoms. The third-order valence-corrected chi connectivity index (χ3v) is 6.17. The van der Waals surface area contributed by atoms with Crippen molar-refractivity contribution in [3.05, 3.63) is 78.5 Å². The number of nitrogens with one attached hydrogen (secondary N) is 1. The summed E-state index contributed by atoms with van der Waals surface area (Å²) in [5.41, 5.74) is 3.26. The Hall–Kier alpha value is -3.72. The van der Waals surface area contributed by atoms with Gasteiger partial charge in [0.2, 0.25) is 5.91 Å². The lowest BCUT2D eigenvalue weighted by Crippen LogP contribution is -2.37. The van der Waals surface area contributed by atoms with Crippen LogP contribution in [-0.4, -0.2) is 35.5 Å². The average molecular weight is 440 g/mol. The van der Waals surface area contributed by atoms with Crippen LogP contribution >= 0.6 is 0 Å². The summed E-state index contributed by atoms with van der Waals surface area (Å²) in [7, 11) is 0. The highest BCUT2D eigenvalue weighted by molar-refractivity contribution is 5.88. The number of piperidine rings is 1. The maximum Gasteiger partial charge on any atom is 0.243 e. The molecule has 2 heterocycles. The van der Waals surface area contributed by atoms with Gasteiger partial charge in [0.05, 0.1) is 17.1 Å². The fourth-order valence-corrected chi connectivity index (χ4v) is 4.37. The number of aromatic nitrogens is 2. The van der Waals surface area contributed by atoms with Gasteiger partial charge < -0.3 is 10.2 Å². The third-order valence-electron chi connectivity index (χ3n) is 6.17. The number of hydrogen-bond donors (Lipinski definition) is 1. The number of fused-ring (bicyclic) bond motifs is 1.